The number of ether oxygens (including phenoxy) is 2. The lowest BCUT2D eigenvalue weighted by Gasteiger charge is -2.18. The number of rotatable bonds is 5. The molecule has 0 bridgehead atoms. The van der Waals surface area contributed by atoms with Crippen molar-refractivity contribution < 1.29 is 19.2 Å². The van der Waals surface area contributed by atoms with E-state index in [1.54, 1.807) is 24.1 Å². The first-order valence-electron chi connectivity index (χ1n) is 5.77. The Bertz CT molecular complexity index is 479. The maximum atomic E-state index is 10.7. The molecule has 102 valence electrons. The molecule has 1 aromatic rings. The molecule has 0 N–H and O–H groups in total. The summed E-state index contributed by atoms with van der Waals surface area (Å²) in [7, 11) is 1.54. The maximum absolute atomic E-state index is 10.7. The monoisotopic (exact) mass is 266 g/mol. The third-order valence-corrected chi connectivity index (χ3v) is 3.01. The smallest absolute Gasteiger partial charge is 0.273 e. The van der Waals surface area contributed by atoms with Gasteiger partial charge < -0.3 is 14.4 Å². The minimum absolute atomic E-state index is 0.0308. The van der Waals surface area contributed by atoms with Gasteiger partial charge in [-0.15, -0.1) is 0 Å². The molecule has 0 radical (unpaired) electrons. The van der Waals surface area contributed by atoms with Crippen LogP contribution in [0.4, 0.5) is 5.69 Å². The van der Waals surface area contributed by atoms with E-state index < -0.39 is 4.92 Å². The van der Waals surface area contributed by atoms with Crippen molar-refractivity contribution in [2.45, 2.75) is 12.2 Å². The molecule has 1 aromatic carbocycles. The zero-order chi connectivity index (χ0) is 13.8. The second-order valence-electron chi connectivity index (χ2n) is 4.24. The molecule has 1 saturated heterocycles. The number of hydrogen-bond donors (Lipinski definition) is 0. The summed E-state index contributed by atoms with van der Waals surface area (Å²) in [5.41, 5.74) is -0.0308. The lowest BCUT2D eigenvalue weighted by Crippen LogP contribution is -2.31. The van der Waals surface area contributed by atoms with Crippen molar-refractivity contribution in [1.82, 2.24) is 4.90 Å². The number of nitrogens with zero attached hydrogens (tertiary/aromatic N) is 2. The van der Waals surface area contributed by atoms with E-state index >= 15 is 0 Å². The quantitative estimate of drug-likeness (QED) is 0.448. The van der Waals surface area contributed by atoms with E-state index in [1.807, 2.05) is 0 Å². The highest BCUT2D eigenvalue weighted by molar-refractivity contribution is 5.48. The zero-order valence-corrected chi connectivity index (χ0v) is 10.4. The Labute approximate surface area is 109 Å². The lowest BCUT2D eigenvalue weighted by molar-refractivity contribution is -0.385. The molecular formula is C12H14N2O5. The molecule has 1 aliphatic heterocycles. The minimum Gasteiger partial charge on any atom is -0.486 e. The highest BCUT2D eigenvalue weighted by Crippen LogP contribution is 2.23. The fourth-order valence-electron chi connectivity index (χ4n) is 2.04. The summed E-state index contributed by atoms with van der Waals surface area (Å²) in [6.45, 7) is 0.865. The van der Waals surface area contributed by atoms with Crippen LogP contribution in [0.3, 0.4) is 0 Å². The molecule has 1 aliphatic rings. The van der Waals surface area contributed by atoms with Gasteiger partial charge in [-0.05, 0) is 6.07 Å². The van der Waals surface area contributed by atoms with Crippen LogP contribution in [0.15, 0.2) is 24.3 Å². The van der Waals surface area contributed by atoms with Gasteiger partial charge in [-0.3, -0.25) is 14.9 Å². The summed E-state index contributed by atoms with van der Waals surface area (Å²) in [6.07, 6.45) is 0.185. The van der Waals surface area contributed by atoms with Gasteiger partial charge in [0.05, 0.1) is 24.1 Å². The predicted octanol–water partition coefficient (Wildman–Crippen LogP) is 0.829. The summed E-state index contributed by atoms with van der Waals surface area (Å²) in [4.78, 5) is 22.5. The Hall–Kier alpha value is -2.15. The normalized spacial score (nSPS) is 22.3. The molecular weight excluding hydrogens is 252 g/mol. The summed E-state index contributed by atoms with van der Waals surface area (Å²) in [6, 6.07) is 5.95. The maximum Gasteiger partial charge on any atom is 0.273 e. The van der Waals surface area contributed by atoms with Crippen LogP contribution in [0.5, 0.6) is 5.75 Å². The summed E-state index contributed by atoms with van der Waals surface area (Å²) < 4.78 is 10.9. The van der Waals surface area contributed by atoms with E-state index in [2.05, 4.69) is 0 Å². The minimum atomic E-state index is -0.479. The van der Waals surface area contributed by atoms with Gasteiger partial charge in [-0.25, -0.2) is 0 Å². The van der Waals surface area contributed by atoms with Gasteiger partial charge >= 0.3 is 0 Å². The topological polar surface area (TPSA) is 81.9 Å². The summed E-state index contributed by atoms with van der Waals surface area (Å²) in [5.74, 6) is 0.397. The van der Waals surface area contributed by atoms with Crippen LogP contribution in [0.1, 0.15) is 0 Å². The Morgan fingerprint density at radius 3 is 2.79 bits per heavy atom. The fraction of sp³-hybridized carbons (Fsp3) is 0.417. The van der Waals surface area contributed by atoms with Crippen molar-refractivity contribution in [3.05, 3.63) is 34.4 Å². The SMILES string of the molecule is CO[C@@H]1CN(C=O)C[C@H]1Oc1cccc([N+](=O)[O-])c1. The van der Waals surface area contributed by atoms with Crippen LogP contribution >= 0.6 is 0 Å². The lowest BCUT2D eigenvalue weighted by atomic mass is 10.2. The van der Waals surface area contributed by atoms with Crippen LogP contribution in [0, 0.1) is 10.1 Å². The van der Waals surface area contributed by atoms with Crippen LogP contribution in [0.25, 0.3) is 0 Å². The largest absolute Gasteiger partial charge is 0.486 e. The number of hydrogen-bond acceptors (Lipinski definition) is 5. The Balaban J connectivity index is 2.09. The molecule has 1 heterocycles. The number of amides is 1. The van der Waals surface area contributed by atoms with Crippen molar-refractivity contribution in [3.63, 3.8) is 0 Å². The van der Waals surface area contributed by atoms with Crippen LogP contribution in [-0.2, 0) is 9.53 Å². The number of carbonyl (C=O) groups is 1. The molecule has 0 unspecified atom stereocenters. The Kier molecular flexibility index (Phi) is 3.96. The van der Waals surface area contributed by atoms with Crippen LogP contribution in [-0.4, -0.2) is 48.6 Å². The van der Waals surface area contributed by atoms with Gasteiger partial charge in [-0.1, -0.05) is 6.07 Å². The highest BCUT2D eigenvalue weighted by Gasteiger charge is 2.34. The first kappa shape index (κ1) is 13.3. The molecule has 7 heteroatoms. The molecule has 2 atom stereocenters. The molecule has 0 aromatic heterocycles. The van der Waals surface area contributed by atoms with E-state index in [0.29, 0.717) is 18.8 Å². The molecule has 2 rings (SSSR count). The highest BCUT2D eigenvalue weighted by atomic mass is 16.6. The summed E-state index contributed by atoms with van der Waals surface area (Å²) >= 11 is 0. The van der Waals surface area contributed by atoms with Crippen molar-refractivity contribution >= 4 is 12.1 Å². The number of methoxy groups -OCH3 is 1. The van der Waals surface area contributed by atoms with Crippen molar-refractivity contribution in [1.29, 1.82) is 0 Å². The molecule has 19 heavy (non-hydrogen) atoms. The molecule has 1 amide bonds. The number of benzene rings is 1. The average Bonchev–Trinajstić information content (AvgIpc) is 2.81. The molecule has 1 fully saturated rings. The van der Waals surface area contributed by atoms with Gasteiger partial charge in [-0.2, -0.15) is 0 Å². The van der Waals surface area contributed by atoms with Gasteiger partial charge in [0.25, 0.3) is 5.69 Å². The number of nitro benzene ring substituents is 1. The standard InChI is InChI=1S/C12H14N2O5/c1-18-11-6-13(8-15)7-12(11)19-10-4-2-3-9(5-10)14(16)17/h2-5,8,11-12H,6-7H2,1H3/t11-,12-/m1/s1. The Morgan fingerprint density at radius 2 is 2.16 bits per heavy atom. The number of likely N-dealkylation sites (tertiary alicyclic amines) is 1. The molecule has 0 aliphatic carbocycles. The second kappa shape index (κ2) is 5.66. The second-order valence-corrected chi connectivity index (χ2v) is 4.24. The fourth-order valence-corrected chi connectivity index (χ4v) is 2.04. The first-order chi connectivity index (χ1) is 9.13. The zero-order valence-electron chi connectivity index (χ0n) is 10.4. The van der Waals surface area contributed by atoms with Gasteiger partial charge in [0.2, 0.25) is 6.41 Å². The van der Waals surface area contributed by atoms with Crippen LogP contribution in [0.2, 0.25) is 0 Å². The summed E-state index contributed by atoms with van der Waals surface area (Å²) in [5, 5.41) is 10.7. The van der Waals surface area contributed by atoms with Gasteiger partial charge in [0.1, 0.15) is 18.0 Å². The predicted molar refractivity (Wildman–Crippen MR) is 65.9 cm³/mol. The van der Waals surface area contributed by atoms with Crippen molar-refractivity contribution in [2.24, 2.45) is 0 Å². The first-order valence-corrected chi connectivity index (χ1v) is 5.77. The number of nitro groups is 1. The van der Waals surface area contributed by atoms with E-state index in [-0.39, 0.29) is 17.9 Å². The van der Waals surface area contributed by atoms with E-state index in [1.165, 1.54) is 12.1 Å². The molecule has 0 saturated carbocycles. The van der Waals surface area contributed by atoms with E-state index in [4.69, 9.17) is 9.47 Å². The average molecular weight is 266 g/mol. The number of non-ortho nitro benzene ring substituents is 1. The van der Waals surface area contributed by atoms with Crippen LogP contribution < -0.4 is 4.74 Å². The van der Waals surface area contributed by atoms with Gasteiger partial charge in [0.15, 0.2) is 0 Å². The Morgan fingerprint density at radius 1 is 1.42 bits per heavy atom. The third-order valence-electron chi connectivity index (χ3n) is 3.01. The van der Waals surface area contributed by atoms with E-state index in [0.717, 1.165) is 6.41 Å². The molecule has 0 spiro atoms. The van der Waals surface area contributed by atoms with Gasteiger partial charge in [0, 0.05) is 13.2 Å². The van der Waals surface area contributed by atoms with Crippen molar-refractivity contribution in [3.8, 4) is 5.75 Å². The molecule has 7 nitrogen and oxygen atoms in total. The van der Waals surface area contributed by atoms with Crippen molar-refractivity contribution in [2.75, 3.05) is 20.2 Å². The van der Waals surface area contributed by atoms with E-state index in [9.17, 15) is 14.9 Å². The number of carbonyl (C=O) groups excluding carboxylic acids is 1. The third kappa shape index (κ3) is 3.00.